The second kappa shape index (κ2) is 9.09. The van der Waals surface area contributed by atoms with Crippen LogP contribution >= 0.6 is 11.6 Å². The molecule has 2 aromatic rings. The van der Waals surface area contributed by atoms with Crippen LogP contribution in [-0.2, 0) is 0 Å². The molecule has 0 radical (unpaired) electrons. The number of halogens is 1. The van der Waals surface area contributed by atoms with Crippen molar-refractivity contribution in [3.8, 4) is 0 Å². The Morgan fingerprint density at radius 1 is 1.13 bits per heavy atom. The third kappa shape index (κ3) is 4.97. The minimum Gasteiger partial charge on any atom is -0.465 e. The van der Waals surface area contributed by atoms with Crippen LogP contribution in [0.3, 0.4) is 0 Å². The molecule has 0 aromatic heterocycles. The SMILES string of the molecule is CN(C)c1ccc(C(=O)Nc2cc(N3CCN(C(=O)O)CC3)c(Cl)cc2[N+](=O)[O-])cc1. The third-order valence-corrected chi connectivity index (χ3v) is 5.35. The molecule has 0 atom stereocenters. The van der Waals surface area contributed by atoms with Gasteiger partial charge in [-0.2, -0.15) is 0 Å². The van der Waals surface area contributed by atoms with Gasteiger partial charge in [0.25, 0.3) is 11.6 Å². The number of piperazine rings is 1. The monoisotopic (exact) mass is 447 g/mol. The van der Waals surface area contributed by atoms with E-state index < -0.39 is 16.9 Å². The van der Waals surface area contributed by atoms with Crippen LogP contribution in [0.1, 0.15) is 10.4 Å². The van der Waals surface area contributed by atoms with Crippen molar-refractivity contribution in [3.63, 3.8) is 0 Å². The van der Waals surface area contributed by atoms with E-state index in [2.05, 4.69) is 5.32 Å². The summed E-state index contributed by atoms with van der Waals surface area (Å²) in [6.07, 6.45) is -0.998. The molecule has 164 valence electrons. The molecular formula is C20H22ClN5O5. The Morgan fingerprint density at radius 3 is 2.26 bits per heavy atom. The summed E-state index contributed by atoms with van der Waals surface area (Å²) in [6.45, 7) is 1.32. The van der Waals surface area contributed by atoms with Gasteiger partial charge < -0.3 is 25.1 Å². The molecule has 1 heterocycles. The molecule has 2 aromatic carbocycles. The summed E-state index contributed by atoms with van der Waals surface area (Å²) in [7, 11) is 3.76. The number of rotatable bonds is 5. The summed E-state index contributed by atoms with van der Waals surface area (Å²) >= 11 is 6.28. The van der Waals surface area contributed by atoms with E-state index in [-0.39, 0.29) is 29.5 Å². The molecule has 11 heteroatoms. The first-order valence-corrected chi connectivity index (χ1v) is 9.84. The van der Waals surface area contributed by atoms with Gasteiger partial charge in [0, 0.05) is 57.6 Å². The van der Waals surface area contributed by atoms with Crippen molar-refractivity contribution in [1.29, 1.82) is 0 Å². The Kier molecular flexibility index (Phi) is 6.50. The third-order valence-electron chi connectivity index (χ3n) is 5.05. The highest BCUT2D eigenvalue weighted by atomic mass is 35.5. The van der Waals surface area contributed by atoms with Crippen LogP contribution in [0.25, 0.3) is 0 Å². The summed E-state index contributed by atoms with van der Waals surface area (Å²) in [6, 6.07) is 9.49. The molecule has 1 aliphatic rings. The van der Waals surface area contributed by atoms with Crippen molar-refractivity contribution in [2.75, 3.05) is 55.4 Å². The lowest BCUT2D eigenvalue weighted by atomic mass is 10.1. The number of nitrogens with zero attached hydrogens (tertiary/aromatic N) is 4. The van der Waals surface area contributed by atoms with Gasteiger partial charge in [-0.1, -0.05) is 11.6 Å². The average molecular weight is 448 g/mol. The maximum absolute atomic E-state index is 12.7. The lowest BCUT2D eigenvalue weighted by molar-refractivity contribution is -0.383. The molecule has 0 bridgehead atoms. The van der Waals surface area contributed by atoms with Crippen LogP contribution in [0, 0.1) is 10.1 Å². The van der Waals surface area contributed by atoms with E-state index in [4.69, 9.17) is 16.7 Å². The van der Waals surface area contributed by atoms with Crippen molar-refractivity contribution in [2.24, 2.45) is 0 Å². The summed E-state index contributed by atoms with van der Waals surface area (Å²) in [5.74, 6) is -0.489. The molecule has 0 spiro atoms. The van der Waals surface area contributed by atoms with E-state index >= 15 is 0 Å². The molecule has 2 amide bonds. The minimum absolute atomic E-state index is 0.0201. The second-order valence-electron chi connectivity index (χ2n) is 7.23. The molecule has 0 saturated carbocycles. The molecule has 0 unspecified atom stereocenters. The van der Waals surface area contributed by atoms with E-state index in [0.29, 0.717) is 24.3 Å². The first-order chi connectivity index (χ1) is 14.7. The van der Waals surface area contributed by atoms with E-state index in [1.807, 2.05) is 23.9 Å². The van der Waals surface area contributed by atoms with Gasteiger partial charge >= 0.3 is 6.09 Å². The molecule has 0 aliphatic carbocycles. The zero-order valence-electron chi connectivity index (χ0n) is 17.0. The van der Waals surface area contributed by atoms with Gasteiger partial charge in [0.15, 0.2) is 0 Å². The highest BCUT2D eigenvalue weighted by Crippen LogP contribution is 2.37. The van der Waals surface area contributed by atoms with Gasteiger partial charge in [-0.25, -0.2) is 4.79 Å². The lowest BCUT2D eigenvalue weighted by Gasteiger charge is -2.35. The summed E-state index contributed by atoms with van der Waals surface area (Å²) in [4.78, 5) is 39.7. The lowest BCUT2D eigenvalue weighted by Crippen LogP contribution is -2.48. The molecule has 1 fully saturated rings. The van der Waals surface area contributed by atoms with Crippen molar-refractivity contribution >= 4 is 46.4 Å². The fourth-order valence-electron chi connectivity index (χ4n) is 3.29. The standard InChI is InChI=1S/C20H22ClN5O5/c1-23(2)14-5-3-13(4-6-14)19(27)22-16-12-17(15(21)11-18(16)26(30)31)24-7-9-25(10-8-24)20(28)29/h3-6,11-12H,7-10H2,1-2H3,(H,22,27)(H,28,29). The number of amides is 2. The van der Waals surface area contributed by atoms with Gasteiger partial charge in [0.2, 0.25) is 0 Å². The Labute approximate surface area is 183 Å². The van der Waals surface area contributed by atoms with Crippen LogP contribution in [0.15, 0.2) is 36.4 Å². The zero-order valence-corrected chi connectivity index (χ0v) is 17.8. The smallest absolute Gasteiger partial charge is 0.407 e. The number of nitrogens with one attached hydrogen (secondary N) is 1. The molecule has 10 nitrogen and oxygen atoms in total. The van der Waals surface area contributed by atoms with Gasteiger partial charge in [0.05, 0.1) is 15.6 Å². The Morgan fingerprint density at radius 2 is 1.74 bits per heavy atom. The molecule has 31 heavy (non-hydrogen) atoms. The average Bonchev–Trinajstić information content (AvgIpc) is 2.74. The van der Waals surface area contributed by atoms with Crippen molar-refractivity contribution < 1.29 is 19.6 Å². The first-order valence-electron chi connectivity index (χ1n) is 9.47. The highest BCUT2D eigenvalue weighted by Gasteiger charge is 2.26. The van der Waals surface area contributed by atoms with Gasteiger partial charge in [0.1, 0.15) is 5.69 Å². The van der Waals surface area contributed by atoms with Crippen LogP contribution < -0.4 is 15.1 Å². The fraction of sp³-hybridized carbons (Fsp3) is 0.300. The van der Waals surface area contributed by atoms with Crippen LogP contribution in [0.4, 0.5) is 27.5 Å². The van der Waals surface area contributed by atoms with Crippen LogP contribution in [0.5, 0.6) is 0 Å². The summed E-state index contributed by atoms with van der Waals surface area (Å²) in [5.41, 5.74) is 1.46. The largest absolute Gasteiger partial charge is 0.465 e. The number of benzene rings is 2. The van der Waals surface area contributed by atoms with Gasteiger partial charge in [-0.15, -0.1) is 0 Å². The Bertz CT molecular complexity index is 1000. The van der Waals surface area contributed by atoms with Crippen LogP contribution in [-0.4, -0.2) is 67.2 Å². The number of hydrogen-bond donors (Lipinski definition) is 2. The number of carbonyl (C=O) groups excluding carboxylic acids is 1. The van der Waals surface area contributed by atoms with Crippen molar-refractivity contribution in [1.82, 2.24) is 4.90 Å². The number of anilines is 3. The van der Waals surface area contributed by atoms with Gasteiger partial charge in [-0.3, -0.25) is 14.9 Å². The Balaban J connectivity index is 1.86. The quantitative estimate of drug-likeness (QED) is 0.532. The Hall–Kier alpha value is -3.53. The molecule has 3 rings (SSSR count). The number of hydrogen-bond acceptors (Lipinski definition) is 6. The molecule has 1 aliphatic heterocycles. The first kappa shape index (κ1) is 22.2. The highest BCUT2D eigenvalue weighted by molar-refractivity contribution is 6.33. The van der Waals surface area contributed by atoms with E-state index in [1.165, 1.54) is 17.0 Å². The predicted molar refractivity (Wildman–Crippen MR) is 119 cm³/mol. The molecular weight excluding hydrogens is 426 g/mol. The maximum Gasteiger partial charge on any atom is 0.407 e. The van der Waals surface area contributed by atoms with Crippen LogP contribution in [0.2, 0.25) is 5.02 Å². The summed E-state index contributed by atoms with van der Waals surface area (Å²) in [5, 5.41) is 23.4. The normalized spacial score (nSPS) is 13.6. The number of carboxylic acid groups (broad SMARTS) is 1. The summed E-state index contributed by atoms with van der Waals surface area (Å²) < 4.78 is 0. The van der Waals surface area contributed by atoms with E-state index in [9.17, 15) is 19.7 Å². The van der Waals surface area contributed by atoms with Crippen molar-refractivity contribution in [3.05, 3.63) is 57.1 Å². The second-order valence-corrected chi connectivity index (χ2v) is 7.64. The molecule has 2 N–H and O–H groups in total. The van der Waals surface area contributed by atoms with Gasteiger partial charge in [-0.05, 0) is 30.3 Å². The minimum atomic E-state index is -0.998. The zero-order chi connectivity index (χ0) is 22.7. The molecule has 1 saturated heterocycles. The van der Waals surface area contributed by atoms with E-state index in [1.54, 1.807) is 24.3 Å². The maximum atomic E-state index is 12.7. The number of nitro groups is 1. The fourth-order valence-corrected chi connectivity index (χ4v) is 3.57. The number of nitro benzene ring substituents is 1. The van der Waals surface area contributed by atoms with E-state index in [0.717, 1.165) is 5.69 Å². The van der Waals surface area contributed by atoms with Crippen molar-refractivity contribution in [2.45, 2.75) is 0 Å². The number of carbonyl (C=O) groups is 2. The topological polar surface area (TPSA) is 119 Å². The predicted octanol–water partition coefficient (Wildman–Crippen LogP) is 3.37.